The Hall–Kier alpha value is -1.29. The molecule has 2 rings (SSSR count). The Kier molecular flexibility index (Phi) is 1.62. The Balaban J connectivity index is 2.75. The van der Waals surface area contributed by atoms with Gasteiger partial charge in [-0.1, -0.05) is 0 Å². The number of nitrogens with two attached hydrogens (primary N) is 1. The fraction of sp³-hybridized carbons (Fsp3) is 0.125. The maximum absolute atomic E-state index is 5.63. The van der Waals surface area contributed by atoms with Crippen molar-refractivity contribution in [3.63, 3.8) is 0 Å². The zero-order valence-electron chi connectivity index (χ0n) is 6.57. The fourth-order valence-corrected chi connectivity index (χ4v) is 1.81. The second-order valence-electron chi connectivity index (χ2n) is 2.45. The summed E-state index contributed by atoms with van der Waals surface area (Å²) < 4.78 is 10.3. The third-order valence-corrected chi connectivity index (χ3v) is 2.46. The minimum absolute atomic E-state index is 0.655. The molecule has 3 nitrogen and oxygen atoms in total. The Labute approximate surface area is 73.9 Å². The molecular weight excluding hydrogens is 172 g/mol. The number of aromatic nitrogens is 1. The van der Waals surface area contributed by atoms with E-state index < -0.39 is 0 Å². The average Bonchev–Trinajstić information content (AvgIpc) is 2.46. The van der Waals surface area contributed by atoms with Crippen LogP contribution < -0.4 is 10.5 Å². The van der Waals surface area contributed by atoms with Gasteiger partial charge in [0.15, 0.2) is 0 Å². The summed E-state index contributed by atoms with van der Waals surface area (Å²) in [6.07, 6.45) is 0. The summed E-state index contributed by atoms with van der Waals surface area (Å²) in [4.78, 5) is 0. The first-order valence-corrected chi connectivity index (χ1v) is 4.27. The van der Waals surface area contributed by atoms with Gasteiger partial charge in [0.1, 0.15) is 0 Å². The topological polar surface area (TPSA) is 48.1 Å². The van der Waals surface area contributed by atoms with E-state index in [1.54, 1.807) is 7.11 Å². The van der Waals surface area contributed by atoms with Gasteiger partial charge in [0.2, 0.25) is 5.88 Å². The van der Waals surface area contributed by atoms with Gasteiger partial charge >= 0.3 is 0 Å². The lowest BCUT2D eigenvalue weighted by molar-refractivity contribution is 0.407. The standard InChI is InChI=1S/C8H8N2OS/c1-11-8-6-4-5(9)2-3-7(6)12-10-8/h2-4H,9H2,1H3. The van der Waals surface area contributed by atoms with E-state index in [0.29, 0.717) is 5.88 Å². The number of nitrogens with zero attached hydrogens (tertiary/aromatic N) is 1. The van der Waals surface area contributed by atoms with Crippen molar-refractivity contribution >= 4 is 27.3 Å². The van der Waals surface area contributed by atoms with Crippen LogP contribution in [0.4, 0.5) is 5.69 Å². The minimum Gasteiger partial charge on any atom is -0.480 e. The summed E-state index contributed by atoms with van der Waals surface area (Å²) in [5, 5.41) is 0.988. The van der Waals surface area contributed by atoms with Gasteiger partial charge in [-0.05, 0) is 29.7 Å². The van der Waals surface area contributed by atoms with Crippen molar-refractivity contribution in [1.82, 2.24) is 4.37 Å². The first-order valence-electron chi connectivity index (χ1n) is 3.50. The Morgan fingerprint density at radius 3 is 3.08 bits per heavy atom. The molecule has 0 radical (unpaired) electrons. The van der Waals surface area contributed by atoms with Crippen molar-refractivity contribution in [2.45, 2.75) is 0 Å². The van der Waals surface area contributed by atoms with E-state index in [2.05, 4.69) is 4.37 Å². The lowest BCUT2D eigenvalue weighted by Gasteiger charge is -1.94. The maximum Gasteiger partial charge on any atom is 0.232 e. The molecule has 0 aliphatic heterocycles. The monoisotopic (exact) mass is 180 g/mol. The van der Waals surface area contributed by atoms with Crippen LogP contribution in [-0.2, 0) is 0 Å². The van der Waals surface area contributed by atoms with Gasteiger partial charge in [-0.15, -0.1) is 0 Å². The molecule has 0 fully saturated rings. The fourth-order valence-electron chi connectivity index (χ4n) is 1.08. The average molecular weight is 180 g/mol. The molecule has 1 heterocycles. The molecule has 0 aliphatic rings. The van der Waals surface area contributed by atoms with Crippen molar-refractivity contribution in [1.29, 1.82) is 0 Å². The predicted molar refractivity (Wildman–Crippen MR) is 50.6 cm³/mol. The Morgan fingerprint density at radius 2 is 2.33 bits per heavy atom. The largest absolute Gasteiger partial charge is 0.480 e. The highest BCUT2D eigenvalue weighted by Crippen LogP contribution is 2.29. The molecule has 0 spiro atoms. The molecule has 1 aromatic heterocycles. The zero-order valence-corrected chi connectivity index (χ0v) is 7.39. The second kappa shape index (κ2) is 2.64. The lowest BCUT2D eigenvalue weighted by Crippen LogP contribution is -1.84. The molecule has 0 saturated carbocycles. The number of fused-ring (bicyclic) bond motifs is 1. The number of anilines is 1. The highest BCUT2D eigenvalue weighted by atomic mass is 32.1. The number of hydrogen-bond acceptors (Lipinski definition) is 4. The van der Waals surface area contributed by atoms with Gasteiger partial charge in [0, 0.05) is 5.69 Å². The number of rotatable bonds is 1. The van der Waals surface area contributed by atoms with E-state index in [1.165, 1.54) is 11.5 Å². The molecular formula is C8H8N2OS. The first-order chi connectivity index (χ1) is 5.81. The molecule has 0 atom stereocenters. The number of benzene rings is 1. The van der Waals surface area contributed by atoms with Gasteiger partial charge in [0.05, 0.1) is 17.2 Å². The molecule has 1 aromatic carbocycles. The van der Waals surface area contributed by atoms with E-state index in [-0.39, 0.29) is 0 Å². The summed E-state index contributed by atoms with van der Waals surface area (Å²) in [6, 6.07) is 5.68. The molecule has 62 valence electrons. The van der Waals surface area contributed by atoms with Gasteiger partial charge in [-0.25, -0.2) is 0 Å². The summed E-state index contributed by atoms with van der Waals surface area (Å²) in [7, 11) is 1.61. The van der Waals surface area contributed by atoms with Crippen molar-refractivity contribution in [3.05, 3.63) is 18.2 Å². The smallest absolute Gasteiger partial charge is 0.232 e. The van der Waals surface area contributed by atoms with Crippen molar-refractivity contribution < 1.29 is 4.74 Å². The summed E-state index contributed by atoms with van der Waals surface area (Å²) in [6.45, 7) is 0. The normalized spacial score (nSPS) is 10.4. The molecule has 0 saturated heterocycles. The van der Waals surface area contributed by atoms with Crippen LogP contribution in [0.2, 0.25) is 0 Å². The second-order valence-corrected chi connectivity index (χ2v) is 3.25. The Bertz CT molecular complexity index is 410. The number of methoxy groups -OCH3 is 1. The van der Waals surface area contributed by atoms with E-state index in [4.69, 9.17) is 10.5 Å². The summed E-state index contributed by atoms with van der Waals surface area (Å²) in [5.41, 5.74) is 6.36. The third kappa shape index (κ3) is 1.00. The number of ether oxygens (including phenoxy) is 1. The van der Waals surface area contributed by atoms with Crippen LogP contribution in [0, 0.1) is 0 Å². The SMILES string of the molecule is COc1nsc2ccc(N)cc12. The van der Waals surface area contributed by atoms with Gasteiger partial charge < -0.3 is 10.5 Å². The minimum atomic E-state index is 0.655. The van der Waals surface area contributed by atoms with Crippen molar-refractivity contribution in [2.75, 3.05) is 12.8 Å². The highest BCUT2D eigenvalue weighted by Gasteiger charge is 2.04. The lowest BCUT2D eigenvalue weighted by atomic mass is 10.2. The van der Waals surface area contributed by atoms with Crippen LogP contribution >= 0.6 is 11.5 Å². The van der Waals surface area contributed by atoms with Gasteiger partial charge in [-0.2, -0.15) is 4.37 Å². The molecule has 0 unspecified atom stereocenters. The molecule has 12 heavy (non-hydrogen) atoms. The summed E-state index contributed by atoms with van der Waals surface area (Å²) >= 11 is 1.42. The predicted octanol–water partition coefficient (Wildman–Crippen LogP) is 1.89. The Morgan fingerprint density at radius 1 is 1.50 bits per heavy atom. The van der Waals surface area contributed by atoms with Crippen molar-refractivity contribution in [3.8, 4) is 5.88 Å². The molecule has 2 aromatic rings. The molecule has 0 amide bonds. The van der Waals surface area contributed by atoms with Crippen molar-refractivity contribution in [2.24, 2.45) is 0 Å². The van der Waals surface area contributed by atoms with E-state index in [1.807, 2.05) is 18.2 Å². The quantitative estimate of drug-likeness (QED) is 0.682. The van der Waals surface area contributed by atoms with E-state index >= 15 is 0 Å². The zero-order chi connectivity index (χ0) is 8.55. The molecule has 0 aliphatic carbocycles. The molecule has 4 heteroatoms. The number of hydrogen-bond donors (Lipinski definition) is 1. The van der Waals surface area contributed by atoms with Crippen LogP contribution in [-0.4, -0.2) is 11.5 Å². The summed E-state index contributed by atoms with van der Waals surface area (Å²) in [5.74, 6) is 0.655. The first kappa shape index (κ1) is 7.36. The van der Waals surface area contributed by atoms with E-state index in [0.717, 1.165) is 15.8 Å². The van der Waals surface area contributed by atoms with Gasteiger partial charge in [-0.3, -0.25) is 0 Å². The van der Waals surface area contributed by atoms with Crippen LogP contribution in [0.1, 0.15) is 0 Å². The molecule has 0 bridgehead atoms. The number of nitrogen functional groups attached to an aromatic ring is 1. The third-order valence-electron chi connectivity index (χ3n) is 1.65. The molecule has 2 N–H and O–H groups in total. The maximum atomic E-state index is 5.63. The highest BCUT2D eigenvalue weighted by molar-refractivity contribution is 7.13. The van der Waals surface area contributed by atoms with Crippen LogP contribution in [0.25, 0.3) is 10.1 Å². The van der Waals surface area contributed by atoms with Crippen LogP contribution in [0.3, 0.4) is 0 Å². The van der Waals surface area contributed by atoms with E-state index in [9.17, 15) is 0 Å². The van der Waals surface area contributed by atoms with Gasteiger partial charge in [0.25, 0.3) is 0 Å². The van der Waals surface area contributed by atoms with Crippen LogP contribution in [0.15, 0.2) is 18.2 Å². The van der Waals surface area contributed by atoms with Crippen LogP contribution in [0.5, 0.6) is 5.88 Å².